The Bertz CT molecular complexity index is 353. The maximum atomic E-state index is 3.32. The molecule has 0 N–H and O–H groups in total. The van der Waals surface area contributed by atoms with E-state index in [9.17, 15) is 0 Å². The van der Waals surface area contributed by atoms with Crippen molar-refractivity contribution in [2.75, 3.05) is 0 Å². The van der Waals surface area contributed by atoms with Crippen molar-refractivity contribution in [3.63, 3.8) is 0 Å². The van der Waals surface area contributed by atoms with Gasteiger partial charge >= 0.3 is 0 Å². The van der Waals surface area contributed by atoms with E-state index in [0.717, 1.165) is 23.8 Å². The molecule has 2 rings (SSSR count). The second-order valence-electron chi connectivity index (χ2n) is 4.54. The van der Waals surface area contributed by atoms with Gasteiger partial charge in [0.2, 0.25) is 0 Å². The van der Waals surface area contributed by atoms with Crippen LogP contribution >= 0.6 is 0 Å². The van der Waals surface area contributed by atoms with Crippen molar-refractivity contribution in [3.05, 3.63) is 35.9 Å². The van der Waals surface area contributed by atoms with Gasteiger partial charge in [-0.05, 0) is 30.4 Å². The lowest BCUT2D eigenvalue weighted by atomic mass is 9.95. The molecule has 0 saturated heterocycles. The second kappa shape index (κ2) is 5.03. The van der Waals surface area contributed by atoms with E-state index < -0.39 is 0 Å². The van der Waals surface area contributed by atoms with Gasteiger partial charge in [-0.3, -0.25) is 0 Å². The molecule has 0 unspecified atom stereocenters. The first-order valence-electron chi connectivity index (χ1n) is 5.90. The molecule has 2 atom stereocenters. The molecule has 1 fully saturated rings. The van der Waals surface area contributed by atoms with Crippen LogP contribution in [0.25, 0.3) is 0 Å². The summed E-state index contributed by atoms with van der Waals surface area (Å²) in [5, 5.41) is 0. The van der Waals surface area contributed by atoms with E-state index in [4.69, 9.17) is 0 Å². The minimum Gasteiger partial charge on any atom is -0.0976 e. The van der Waals surface area contributed by atoms with Crippen LogP contribution in [0.2, 0.25) is 0 Å². The van der Waals surface area contributed by atoms with E-state index in [1.54, 1.807) is 0 Å². The highest BCUT2D eigenvalue weighted by molar-refractivity contribution is 5.33. The van der Waals surface area contributed by atoms with Crippen molar-refractivity contribution >= 4 is 0 Å². The molecule has 78 valence electrons. The summed E-state index contributed by atoms with van der Waals surface area (Å²) in [5.41, 5.74) is 1.14. The number of hydrogen-bond donors (Lipinski definition) is 0. The van der Waals surface area contributed by atoms with Gasteiger partial charge in [0.1, 0.15) is 0 Å². The third-order valence-electron chi connectivity index (χ3n) is 3.41. The van der Waals surface area contributed by atoms with Gasteiger partial charge in [0.15, 0.2) is 0 Å². The molecule has 0 heteroatoms. The minimum atomic E-state index is 0.848. The Morgan fingerprint density at radius 3 is 2.67 bits per heavy atom. The fraction of sp³-hybridized carbons (Fsp3) is 0.467. The molecule has 0 radical (unpaired) electrons. The van der Waals surface area contributed by atoms with E-state index >= 15 is 0 Å². The van der Waals surface area contributed by atoms with E-state index in [1.807, 2.05) is 18.2 Å². The number of benzene rings is 1. The average molecular weight is 198 g/mol. The highest BCUT2D eigenvalue weighted by Gasteiger charge is 2.21. The first-order valence-corrected chi connectivity index (χ1v) is 5.90. The van der Waals surface area contributed by atoms with Gasteiger partial charge in [0, 0.05) is 12.0 Å². The molecule has 1 aromatic carbocycles. The quantitative estimate of drug-likeness (QED) is 0.601. The molecular weight excluding hydrogens is 180 g/mol. The van der Waals surface area contributed by atoms with E-state index in [1.165, 1.54) is 19.3 Å². The first kappa shape index (κ1) is 10.3. The Morgan fingerprint density at radius 2 is 2.00 bits per heavy atom. The molecule has 0 heterocycles. The highest BCUT2D eigenvalue weighted by Crippen LogP contribution is 2.33. The van der Waals surface area contributed by atoms with Crippen molar-refractivity contribution < 1.29 is 0 Å². The van der Waals surface area contributed by atoms with Crippen LogP contribution in [-0.2, 0) is 0 Å². The first-order chi connectivity index (χ1) is 7.36. The molecule has 15 heavy (non-hydrogen) atoms. The molecule has 0 amide bonds. The molecule has 0 aliphatic heterocycles. The third kappa shape index (κ3) is 2.86. The normalized spacial score (nSPS) is 24.6. The van der Waals surface area contributed by atoms with Gasteiger partial charge in [-0.1, -0.05) is 49.8 Å². The summed E-state index contributed by atoms with van der Waals surface area (Å²) in [6.07, 6.45) is 5.26. The van der Waals surface area contributed by atoms with Crippen molar-refractivity contribution in [2.24, 2.45) is 11.8 Å². The lowest BCUT2D eigenvalue weighted by molar-refractivity contribution is 0.429. The zero-order valence-corrected chi connectivity index (χ0v) is 9.37. The van der Waals surface area contributed by atoms with E-state index in [-0.39, 0.29) is 0 Å². The number of hydrogen-bond acceptors (Lipinski definition) is 0. The van der Waals surface area contributed by atoms with Crippen LogP contribution in [0.3, 0.4) is 0 Å². The van der Waals surface area contributed by atoms with Crippen molar-refractivity contribution in [1.29, 1.82) is 0 Å². The van der Waals surface area contributed by atoms with Crippen LogP contribution in [0.4, 0.5) is 0 Å². The van der Waals surface area contributed by atoms with Crippen LogP contribution in [0.5, 0.6) is 0 Å². The highest BCUT2D eigenvalue weighted by atomic mass is 14.3. The van der Waals surface area contributed by atoms with Crippen LogP contribution in [0, 0.1) is 23.7 Å². The molecule has 0 aromatic heterocycles. The molecule has 1 aliphatic carbocycles. The predicted molar refractivity (Wildman–Crippen MR) is 64.4 cm³/mol. The summed E-state index contributed by atoms with van der Waals surface area (Å²) in [4.78, 5) is 0. The lowest BCUT2D eigenvalue weighted by Crippen LogP contribution is -2.01. The van der Waals surface area contributed by atoms with Crippen molar-refractivity contribution in [3.8, 4) is 11.8 Å². The van der Waals surface area contributed by atoms with Gasteiger partial charge in [-0.15, -0.1) is 0 Å². The van der Waals surface area contributed by atoms with Gasteiger partial charge in [0.05, 0.1) is 0 Å². The van der Waals surface area contributed by atoms with Crippen molar-refractivity contribution in [2.45, 2.75) is 32.6 Å². The SMILES string of the molecule is C[C@H]1CCC[C@@H]1CC#Cc1ccccc1. The standard InChI is InChI=1S/C15H18/c1-13-7-5-11-15(13)12-6-10-14-8-3-2-4-9-14/h2-4,8-9,13,15H,5,7,11-12H2,1H3/t13-,15+/m0/s1. The maximum absolute atomic E-state index is 3.32. The fourth-order valence-corrected chi connectivity index (χ4v) is 2.33. The smallest absolute Gasteiger partial charge is 0.0245 e. The Kier molecular flexibility index (Phi) is 3.45. The van der Waals surface area contributed by atoms with E-state index in [0.29, 0.717) is 0 Å². The van der Waals surface area contributed by atoms with Crippen molar-refractivity contribution in [1.82, 2.24) is 0 Å². The monoisotopic (exact) mass is 198 g/mol. The van der Waals surface area contributed by atoms with Crippen LogP contribution in [-0.4, -0.2) is 0 Å². The molecule has 1 aromatic rings. The summed E-state index contributed by atoms with van der Waals surface area (Å²) in [7, 11) is 0. The molecule has 1 saturated carbocycles. The molecule has 1 aliphatic rings. The van der Waals surface area contributed by atoms with Crippen LogP contribution < -0.4 is 0 Å². The third-order valence-corrected chi connectivity index (χ3v) is 3.41. The van der Waals surface area contributed by atoms with Gasteiger partial charge in [-0.25, -0.2) is 0 Å². The molecule has 0 nitrogen and oxygen atoms in total. The minimum absolute atomic E-state index is 0.848. The summed E-state index contributed by atoms with van der Waals surface area (Å²) in [6, 6.07) is 10.3. The summed E-state index contributed by atoms with van der Waals surface area (Å²) in [6.45, 7) is 2.36. The van der Waals surface area contributed by atoms with Gasteiger partial charge < -0.3 is 0 Å². The van der Waals surface area contributed by atoms with Crippen LogP contribution in [0.15, 0.2) is 30.3 Å². The zero-order chi connectivity index (χ0) is 10.5. The Morgan fingerprint density at radius 1 is 1.20 bits per heavy atom. The lowest BCUT2D eigenvalue weighted by Gasteiger charge is -2.10. The summed E-state index contributed by atoms with van der Waals surface area (Å²) in [5.74, 6) is 8.30. The topological polar surface area (TPSA) is 0 Å². The molecular formula is C15H18. The second-order valence-corrected chi connectivity index (χ2v) is 4.54. The largest absolute Gasteiger partial charge is 0.0976 e. The fourth-order valence-electron chi connectivity index (χ4n) is 2.33. The number of rotatable bonds is 1. The Hall–Kier alpha value is -1.22. The Balaban J connectivity index is 1.90. The maximum Gasteiger partial charge on any atom is 0.0245 e. The van der Waals surface area contributed by atoms with Crippen LogP contribution in [0.1, 0.15) is 38.2 Å². The van der Waals surface area contributed by atoms with Gasteiger partial charge in [0.25, 0.3) is 0 Å². The average Bonchev–Trinajstić information content (AvgIpc) is 2.66. The Labute approximate surface area is 92.7 Å². The summed E-state index contributed by atoms with van der Waals surface area (Å²) >= 11 is 0. The molecule has 0 bridgehead atoms. The van der Waals surface area contributed by atoms with E-state index in [2.05, 4.69) is 30.9 Å². The zero-order valence-electron chi connectivity index (χ0n) is 9.37. The molecule has 0 spiro atoms. The predicted octanol–water partition coefficient (Wildman–Crippen LogP) is 3.86. The van der Waals surface area contributed by atoms with Gasteiger partial charge in [-0.2, -0.15) is 0 Å². The summed E-state index contributed by atoms with van der Waals surface area (Å²) < 4.78 is 0.